The Morgan fingerprint density at radius 2 is 2.26 bits per heavy atom. The molecule has 1 N–H and O–H groups in total. The quantitative estimate of drug-likeness (QED) is 0.884. The molecular weight excluding hydrogens is 240 g/mol. The number of ether oxygens (including phenoxy) is 1. The lowest BCUT2D eigenvalue weighted by Crippen LogP contribution is -2.31. The molecule has 0 aliphatic carbocycles. The highest BCUT2D eigenvalue weighted by molar-refractivity contribution is 5.81. The molecule has 1 amide bonds. The summed E-state index contributed by atoms with van der Waals surface area (Å²) in [4.78, 5) is 13.8. The SMILES string of the molecule is CCCCN1C(=O)CNC1c1ccc(OC)c(C)c1. The zero-order valence-corrected chi connectivity index (χ0v) is 11.9. The van der Waals surface area contributed by atoms with E-state index < -0.39 is 0 Å². The molecule has 1 aliphatic rings. The summed E-state index contributed by atoms with van der Waals surface area (Å²) < 4.78 is 5.27. The molecule has 19 heavy (non-hydrogen) atoms. The molecule has 104 valence electrons. The number of nitrogens with one attached hydrogen (secondary N) is 1. The van der Waals surface area contributed by atoms with Crippen LogP contribution in [0.2, 0.25) is 0 Å². The average molecular weight is 262 g/mol. The first-order valence-corrected chi connectivity index (χ1v) is 6.84. The third-order valence-corrected chi connectivity index (χ3v) is 3.57. The Morgan fingerprint density at radius 1 is 1.47 bits per heavy atom. The summed E-state index contributed by atoms with van der Waals surface area (Å²) in [6.45, 7) is 5.41. The number of hydrogen-bond acceptors (Lipinski definition) is 3. The highest BCUT2D eigenvalue weighted by atomic mass is 16.5. The predicted molar refractivity (Wildman–Crippen MR) is 75.1 cm³/mol. The van der Waals surface area contributed by atoms with Gasteiger partial charge in [0.25, 0.3) is 0 Å². The van der Waals surface area contributed by atoms with E-state index in [1.807, 2.05) is 24.0 Å². The molecule has 1 heterocycles. The lowest BCUT2D eigenvalue weighted by molar-refractivity contribution is -0.128. The Morgan fingerprint density at radius 3 is 2.89 bits per heavy atom. The van der Waals surface area contributed by atoms with Crippen molar-refractivity contribution in [3.8, 4) is 5.75 Å². The largest absolute Gasteiger partial charge is 0.496 e. The van der Waals surface area contributed by atoms with E-state index in [0.29, 0.717) is 6.54 Å². The topological polar surface area (TPSA) is 41.6 Å². The Kier molecular flexibility index (Phi) is 4.43. The van der Waals surface area contributed by atoms with Gasteiger partial charge in [0.05, 0.1) is 13.7 Å². The van der Waals surface area contributed by atoms with E-state index in [4.69, 9.17) is 4.74 Å². The number of rotatable bonds is 5. The first-order valence-electron chi connectivity index (χ1n) is 6.84. The fourth-order valence-electron chi connectivity index (χ4n) is 2.49. The number of aryl methyl sites for hydroxylation is 1. The van der Waals surface area contributed by atoms with Gasteiger partial charge in [0.1, 0.15) is 11.9 Å². The molecule has 1 unspecified atom stereocenters. The monoisotopic (exact) mass is 262 g/mol. The number of nitrogens with zero attached hydrogens (tertiary/aromatic N) is 1. The van der Waals surface area contributed by atoms with Gasteiger partial charge in [0, 0.05) is 6.54 Å². The molecule has 0 aromatic heterocycles. The van der Waals surface area contributed by atoms with Crippen molar-refractivity contribution in [2.75, 3.05) is 20.2 Å². The zero-order valence-electron chi connectivity index (χ0n) is 11.9. The summed E-state index contributed by atoms with van der Waals surface area (Å²) in [5, 5.41) is 3.28. The van der Waals surface area contributed by atoms with Gasteiger partial charge in [-0.25, -0.2) is 0 Å². The van der Waals surface area contributed by atoms with Gasteiger partial charge in [-0.05, 0) is 36.6 Å². The van der Waals surface area contributed by atoms with Gasteiger partial charge in [-0.3, -0.25) is 10.1 Å². The number of carbonyl (C=O) groups excluding carboxylic acids is 1. The third-order valence-electron chi connectivity index (χ3n) is 3.57. The highest BCUT2D eigenvalue weighted by Crippen LogP contribution is 2.27. The van der Waals surface area contributed by atoms with E-state index >= 15 is 0 Å². The van der Waals surface area contributed by atoms with Crippen molar-refractivity contribution in [2.24, 2.45) is 0 Å². The number of unbranched alkanes of at least 4 members (excludes halogenated alkanes) is 1. The molecule has 0 saturated carbocycles. The Balaban J connectivity index is 2.19. The minimum Gasteiger partial charge on any atom is -0.496 e. The Bertz CT molecular complexity index is 459. The fourth-order valence-corrected chi connectivity index (χ4v) is 2.49. The second-order valence-corrected chi connectivity index (χ2v) is 4.95. The molecule has 0 bridgehead atoms. The summed E-state index contributed by atoms with van der Waals surface area (Å²) in [5.41, 5.74) is 2.22. The summed E-state index contributed by atoms with van der Waals surface area (Å²) in [7, 11) is 1.67. The van der Waals surface area contributed by atoms with Gasteiger partial charge in [-0.1, -0.05) is 19.4 Å². The Hall–Kier alpha value is -1.55. The number of carbonyl (C=O) groups is 1. The third kappa shape index (κ3) is 2.89. The lowest BCUT2D eigenvalue weighted by Gasteiger charge is -2.25. The fraction of sp³-hybridized carbons (Fsp3) is 0.533. The van der Waals surface area contributed by atoms with Crippen molar-refractivity contribution in [1.29, 1.82) is 0 Å². The standard InChI is InChI=1S/C15H22N2O2/c1-4-5-8-17-14(18)10-16-15(17)12-6-7-13(19-3)11(2)9-12/h6-7,9,15-16H,4-5,8,10H2,1-3H3. The summed E-state index contributed by atoms with van der Waals surface area (Å²) in [6, 6.07) is 6.09. The smallest absolute Gasteiger partial charge is 0.238 e. The minimum absolute atomic E-state index is 0.00339. The van der Waals surface area contributed by atoms with E-state index in [-0.39, 0.29) is 12.1 Å². The number of hydrogen-bond donors (Lipinski definition) is 1. The van der Waals surface area contributed by atoms with Gasteiger partial charge in [-0.2, -0.15) is 0 Å². The molecule has 0 radical (unpaired) electrons. The maximum atomic E-state index is 11.9. The molecule has 1 saturated heterocycles. The van der Waals surface area contributed by atoms with Gasteiger partial charge < -0.3 is 9.64 Å². The van der Waals surface area contributed by atoms with E-state index in [1.54, 1.807) is 7.11 Å². The molecule has 4 heteroatoms. The normalized spacial score (nSPS) is 19.0. The van der Waals surface area contributed by atoms with Crippen LogP contribution in [0.1, 0.15) is 37.1 Å². The van der Waals surface area contributed by atoms with Crippen LogP contribution in [-0.4, -0.2) is 31.0 Å². The molecule has 1 aliphatic heterocycles. The van der Waals surface area contributed by atoms with Crippen molar-refractivity contribution >= 4 is 5.91 Å². The molecular formula is C15H22N2O2. The number of benzene rings is 1. The molecule has 1 atom stereocenters. The Labute approximate surface area is 114 Å². The zero-order chi connectivity index (χ0) is 13.8. The average Bonchev–Trinajstić information content (AvgIpc) is 2.77. The second kappa shape index (κ2) is 6.06. The van der Waals surface area contributed by atoms with Gasteiger partial charge >= 0.3 is 0 Å². The summed E-state index contributed by atoms with van der Waals surface area (Å²) in [6.07, 6.45) is 2.14. The van der Waals surface area contributed by atoms with Crippen LogP contribution >= 0.6 is 0 Å². The number of amides is 1. The van der Waals surface area contributed by atoms with Crippen LogP contribution in [0.25, 0.3) is 0 Å². The van der Waals surface area contributed by atoms with Gasteiger partial charge in [0.15, 0.2) is 0 Å². The van der Waals surface area contributed by atoms with E-state index in [0.717, 1.165) is 36.3 Å². The summed E-state index contributed by atoms with van der Waals surface area (Å²) in [5.74, 6) is 1.07. The summed E-state index contributed by atoms with van der Waals surface area (Å²) >= 11 is 0. The lowest BCUT2D eigenvalue weighted by atomic mass is 10.1. The molecule has 4 nitrogen and oxygen atoms in total. The van der Waals surface area contributed by atoms with Crippen molar-refractivity contribution in [2.45, 2.75) is 32.9 Å². The van der Waals surface area contributed by atoms with Crippen molar-refractivity contribution in [1.82, 2.24) is 10.2 Å². The van der Waals surface area contributed by atoms with Crippen molar-refractivity contribution in [3.05, 3.63) is 29.3 Å². The minimum atomic E-state index is 0.00339. The van der Waals surface area contributed by atoms with Crippen LogP contribution < -0.4 is 10.1 Å². The van der Waals surface area contributed by atoms with Crippen LogP contribution in [0.15, 0.2) is 18.2 Å². The van der Waals surface area contributed by atoms with Crippen LogP contribution in [0.4, 0.5) is 0 Å². The van der Waals surface area contributed by atoms with Crippen LogP contribution in [0.5, 0.6) is 5.75 Å². The maximum absolute atomic E-state index is 11.9. The highest BCUT2D eigenvalue weighted by Gasteiger charge is 2.30. The first kappa shape index (κ1) is 13.9. The van der Waals surface area contributed by atoms with Gasteiger partial charge in [0.2, 0.25) is 5.91 Å². The van der Waals surface area contributed by atoms with E-state index in [1.165, 1.54) is 0 Å². The molecule has 2 rings (SSSR count). The predicted octanol–water partition coefficient (Wildman–Crippen LogP) is 2.23. The molecule has 0 spiro atoms. The van der Waals surface area contributed by atoms with Crippen molar-refractivity contribution in [3.63, 3.8) is 0 Å². The van der Waals surface area contributed by atoms with E-state index in [2.05, 4.69) is 18.3 Å². The van der Waals surface area contributed by atoms with E-state index in [9.17, 15) is 4.79 Å². The first-order chi connectivity index (χ1) is 9.17. The molecule has 1 aromatic rings. The van der Waals surface area contributed by atoms with Crippen LogP contribution in [0.3, 0.4) is 0 Å². The van der Waals surface area contributed by atoms with Crippen molar-refractivity contribution < 1.29 is 9.53 Å². The van der Waals surface area contributed by atoms with Crippen LogP contribution in [0, 0.1) is 6.92 Å². The molecule has 1 aromatic carbocycles. The number of methoxy groups -OCH3 is 1. The molecule has 1 fully saturated rings. The maximum Gasteiger partial charge on any atom is 0.238 e. The van der Waals surface area contributed by atoms with Crippen LogP contribution in [-0.2, 0) is 4.79 Å². The second-order valence-electron chi connectivity index (χ2n) is 4.95. The van der Waals surface area contributed by atoms with Gasteiger partial charge in [-0.15, -0.1) is 0 Å².